The van der Waals surface area contributed by atoms with Crippen molar-refractivity contribution in [3.8, 4) is 11.3 Å². The maximum atomic E-state index is 12.8. The highest BCUT2D eigenvalue weighted by Crippen LogP contribution is 2.33. The van der Waals surface area contributed by atoms with Crippen molar-refractivity contribution in [3.05, 3.63) is 93.8 Å². The van der Waals surface area contributed by atoms with Crippen molar-refractivity contribution < 1.29 is 8.42 Å². The summed E-state index contributed by atoms with van der Waals surface area (Å²) in [6.45, 7) is 0. The van der Waals surface area contributed by atoms with Crippen LogP contribution in [0, 0.1) is 0 Å². The number of aliphatic imine (C=N–C) groups is 1. The fourth-order valence-electron chi connectivity index (χ4n) is 2.74. The molecule has 0 saturated carbocycles. The molecule has 1 aromatic heterocycles. The molecule has 0 unspecified atom stereocenters. The van der Waals surface area contributed by atoms with Crippen LogP contribution in [0.3, 0.4) is 0 Å². The lowest BCUT2D eigenvalue weighted by atomic mass is 10.1. The number of nitrogens with zero attached hydrogens (tertiary/aromatic N) is 2. The van der Waals surface area contributed by atoms with Gasteiger partial charge in [-0.1, -0.05) is 53.5 Å². The molecule has 0 amide bonds. The minimum absolute atomic E-state index is 0.123. The summed E-state index contributed by atoms with van der Waals surface area (Å²) in [5.74, 6) is 0. The Bertz CT molecular complexity index is 1330. The van der Waals surface area contributed by atoms with E-state index in [4.69, 9.17) is 23.2 Å². The number of benzene rings is 3. The molecule has 0 aliphatic rings. The smallest absolute Gasteiger partial charge is 0.261 e. The molecule has 1 heterocycles. The Morgan fingerprint density at radius 3 is 2.26 bits per heavy atom. The van der Waals surface area contributed by atoms with Crippen LogP contribution in [0.1, 0.15) is 5.56 Å². The molecule has 4 rings (SSSR count). The van der Waals surface area contributed by atoms with Crippen molar-refractivity contribution in [1.29, 1.82) is 0 Å². The number of aromatic nitrogens is 1. The first-order valence-electron chi connectivity index (χ1n) is 9.04. The number of anilines is 1. The molecule has 31 heavy (non-hydrogen) atoms. The van der Waals surface area contributed by atoms with E-state index >= 15 is 0 Å². The topological polar surface area (TPSA) is 71.4 Å². The van der Waals surface area contributed by atoms with Crippen molar-refractivity contribution in [3.63, 3.8) is 0 Å². The first kappa shape index (κ1) is 21.5. The van der Waals surface area contributed by atoms with Gasteiger partial charge in [-0.15, -0.1) is 11.3 Å². The molecule has 0 saturated heterocycles. The number of thiazole rings is 1. The molecule has 4 aromatic rings. The highest BCUT2D eigenvalue weighted by atomic mass is 35.5. The van der Waals surface area contributed by atoms with E-state index in [1.807, 2.05) is 29.6 Å². The van der Waals surface area contributed by atoms with Gasteiger partial charge in [-0.3, -0.25) is 4.72 Å². The number of sulfonamides is 1. The number of para-hydroxylation sites is 1. The van der Waals surface area contributed by atoms with Gasteiger partial charge in [0.1, 0.15) is 0 Å². The summed E-state index contributed by atoms with van der Waals surface area (Å²) in [7, 11) is -3.78. The Hall–Kier alpha value is -2.71. The highest BCUT2D eigenvalue weighted by molar-refractivity contribution is 7.92. The summed E-state index contributed by atoms with van der Waals surface area (Å²) in [4.78, 5) is 9.05. The second kappa shape index (κ2) is 9.20. The van der Waals surface area contributed by atoms with E-state index in [2.05, 4.69) is 14.7 Å². The van der Waals surface area contributed by atoms with E-state index < -0.39 is 10.0 Å². The molecule has 1 N–H and O–H groups in total. The predicted octanol–water partition coefficient (Wildman–Crippen LogP) is 6.67. The summed E-state index contributed by atoms with van der Waals surface area (Å²) in [5.41, 5.74) is 2.61. The Morgan fingerprint density at radius 2 is 1.55 bits per heavy atom. The standard InChI is InChI=1S/C22H15Cl2N3O2S2/c23-16-7-5-15(6-8-16)13-25-22-26-21(14-30-22)19-3-1-2-4-20(19)27-31(28,29)18-11-9-17(24)10-12-18/h1-14,27H/b25-13+. The average molecular weight is 488 g/mol. The van der Waals surface area contributed by atoms with Crippen molar-refractivity contribution in [2.75, 3.05) is 4.72 Å². The zero-order chi connectivity index (χ0) is 21.8. The third-order valence-corrected chi connectivity index (χ3v) is 6.89. The van der Waals surface area contributed by atoms with Gasteiger partial charge in [0.05, 0.1) is 16.3 Å². The molecule has 0 spiro atoms. The van der Waals surface area contributed by atoms with Gasteiger partial charge in [0, 0.05) is 27.2 Å². The lowest BCUT2D eigenvalue weighted by Gasteiger charge is -2.11. The van der Waals surface area contributed by atoms with Crippen LogP contribution in [-0.4, -0.2) is 19.6 Å². The molecule has 5 nitrogen and oxygen atoms in total. The SMILES string of the molecule is O=S(=O)(Nc1ccccc1-c1csc(/N=C/c2ccc(Cl)cc2)n1)c1ccc(Cl)cc1. The van der Waals surface area contributed by atoms with Gasteiger partial charge in [0.15, 0.2) is 0 Å². The van der Waals surface area contributed by atoms with E-state index in [9.17, 15) is 8.42 Å². The molecule has 0 atom stereocenters. The van der Waals surface area contributed by atoms with Gasteiger partial charge >= 0.3 is 0 Å². The van der Waals surface area contributed by atoms with E-state index in [1.54, 1.807) is 30.5 Å². The fourth-order valence-corrected chi connectivity index (χ4v) is 4.73. The molecule has 3 aromatic carbocycles. The van der Waals surface area contributed by atoms with Crippen molar-refractivity contribution in [2.45, 2.75) is 4.90 Å². The second-order valence-electron chi connectivity index (χ2n) is 6.43. The first-order chi connectivity index (χ1) is 14.9. The molecule has 0 aliphatic carbocycles. The summed E-state index contributed by atoms with van der Waals surface area (Å²) < 4.78 is 28.2. The van der Waals surface area contributed by atoms with E-state index in [0.717, 1.165) is 5.56 Å². The summed E-state index contributed by atoms with van der Waals surface area (Å²) in [6, 6.07) is 20.4. The fraction of sp³-hybridized carbons (Fsp3) is 0. The van der Waals surface area contributed by atoms with Crippen LogP contribution in [0.4, 0.5) is 10.8 Å². The average Bonchev–Trinajstić information content (AvgIpc) is 3.23. The van der Waals surface area contributed by atoms with Gasteiger partial charge in [-0.25, -0.2) is 18.4 Å². The third-order valence-electron chi connectivity index (χ3n) is 4.26. The van der Waals surface area contributed by atoms with Crippen LogP contribution in [0.5, 0.6) is 0 Å². The van der Waals surface area contributed by atoms with Gasteiger partial charge < -0.3 is 0 Å². The highest BCUT2D eigenvalue weighted by Gasteiger charge is 2.17. The lowest BCUT2D eigenvalue weighted by Crippen LogP contribution is -2.13. The Balaban J connectivity index is 1.59. The zero-order valence-electron chi connectivity index (χ0n) is 15.9. The van der Waals surface area contributed by atoms with Crippen LogP contribution in [0.15, 0.2) is 88.1 Å². The van der Waals surface area contributed by atoms with Crippen LogP contribution in [0.25, 0.3) is 11.3 Å². The largest absolute Gasteiger partial charge is 0.279 e. The number of nitrogens with one attached hydrogen (secondary N) is 1. The van der Waals surface area contributed by atoms with E-state index in [0.29, 0.717) is 32.1 Å². The lowest BCUT2D eigenvalue weighted by molar-refractivity contribution is 0.601. The minimum Gasteiger partial charge on any atom is -0.279 e. The van der Waals surface area contributed by atoms with Crippen molar-refractivity contribution >= 4 is 61.6 Å². The summed E-state index contributed by atoms with van der Waals surface area (Å²) in [6.07, 6.45) is 1.70. The molecule has 156 valence electrons. The maximum absolute atomic E-state index is 12.8. The Kier molecular flexibility index (Phi) is 6.38. The third kappa shape index (κ3) is 5.32. The molecular weight excluding hydrogens is 473 g/mol. The quantitative estimate of drug-likeness (QED) is 0.308. The predicted molar refractivity (Wildman–Crippen MR) is 129 cm³/mol. The van der Waals surface area contributed by atoms with Crippen molar-refractivity contribution in [1.82, 2.24) is 4.98 Å². The van der Waals surface area contributed by atoms with Gasteiger partial charge in [-0.05, 0) is 48.0 Å². The van der Waals surface area contributed by atoms with Gasteiger partial charge in [0.25, 0.3) is 10.0 Å². The van der Waals surface area contributed by atoms with Crippen LogP contribution < -0.4 is 4.72 Å². The van der Waals surface area contributed by atoms with Crippen LogP contribution in [0.2, 0.25) is 10.0 Å². The van der Waals surface area contributed by atoms with E-state index in [-0.39, 0.29) is 4.90 Å². The zero-order valence-corrected chi connectivity index (χ0v) is 19.0. The molecule has 0 fully saturated rings. The molecule has 9 heteroatoms. The van der Waals surface area contributed by atoms with Crippen LogP contribution >= 0.6 is 34.5 Å². The Labute approximate surface area is 194 Å². The number of rotatable bonds is 6. The monoisotopic (exact) mass is 487 g/mol. The molecule has 0 radical (unpaired) electrons. The van der Waals surface area contributed by atoms with Gasteiger partial charge in [-0.2, -0.15) is 0 Å². The van der Waals surface area contributed by atoms with Crippen molar-refractivity contribution in [2.24, 2.45) is 4.99 Å². The molecule has 0 bridgehead atoms. The number of halogens is 2. The molecular formula is C22H15Cl2N3O2S2. The normalized spacial score (nSPS) is 11.7. The molecule has 0 aliphatic heterocycles. The second-order valence-corrected chi connectivity index (χ2v) is 9.82. The van der Waals surface area contributed by atoms with Gasteiger partial charge in [0.2, 0.25) is 5.13 Å². The van der Waals surface area contributed by atoms with Crippen LogP contribution in [-0.2, 0) is 10.0 Å². The number of hydrogen-bond donors (Lipinski definition) is 1. The first-order valence-corrected chi connectivity index (χ1v) is 12.2. The Morgan fingerprint density at radius 1 is 0.903 bits per heavy atom. The maximum Gasteiger partial charge on any atom is 0.261 e. The minimum atomic E-state index is -3.78. The summed E-state index contributed by atoms with van der Waals surface area (Å²) in [5, 5.41) is 3.52. The number of hydrogen-bond acceptors (Lipinski definition) is 5. The van der Waals surface area contributed by atoms with E-state index in [1.165, 1.54) is 35.6 Å². The summed E-state index contributed by atoms with van der Waals surface area (Å²) >= 11 is 13.1.